The molecule has 0 radical (unpaired) electrons. The number of carbonyl (C=O) groups is 1. The summed E-state index contributed by atoms with van der Waals surface area (Å²) in [5.74, 6) is 0.0701. The molecule has 2 aromatic carbocycles. The van der Waals surface area contributed by atoms with Crippen LogP contribution in [0.5, 0.6) is 5.75 Å². The largest absolute Gasteiger partial charge is 0.573 e. The van der Waals surface area contributed by atoms with Crippen molar-refractivity contribution in [2.45, 2.75) is 6.36 Å². The molecule has 0 atom stereocenters. The Kier molecular flexibility index (Phi) is 5.30. The molecular weight excluding hydrogens is 377 g/mol. The van der Waals surface area contributed by atoms with Gasteiger partial charge in [0.05, 0.1) is 5.69 Å². The van der Waals surface area contributed by atoms with Crippen LogP contribution in [-0.2, 0) is 0 Å². The van der Waals surface area contributed by atoms with Gasteiger partial charge in [-0.3, -0.25) is 5.32 Å². The molecule has 0 aliphatic rings. The predicted octanol–water partition coefficient (Wildman–Crippen LogP) is 4.43. The van der Waals surface area contributed by atoms with Crippen LogP contribution >= 0.6 is 0 Å². The number of benzene rings is 2. The molecule has 1 aromatic heterocycles. The molecule has 10 heteroatoms. The number of aromatic nitrogens is 3. The van der Waals surface area contributed by atoms with Crippen LogP contribution in [-0.4, -0.2) is 32.3 Å². The first-order valence-corrected chi connectivity index (χ1v) is 7.84. The lowest BCUT2D eigenvalue weighted by molar-refractivity contribution is -0.274. The second-order valence-electron chi connectivity index (χ2n) is 5.47. The number of hydrogen-bond acceptors (Lipinski definition) is 4. The fourth-order valence-electron chi connectivity index (χ4n) is 2.25. The fraction of sp³-hybridized carbons (Fsp3) is 0.0556. The van der Waals surface area contributed by atoms with Crippen molar-refractivity contribution in [3.63, 3.8) is 0 Å². The molecule has 0 spiro atoms. The summed E-state index contributed by atoms with van der Waals surface area (Å²) in [5, 5.41) is 15.1. The van der Waals surface area contributed by atoms with E-state index in [1.807, 2.05) is 0 Å². The summed E-state index contributed by atoms with van der Waals surface area (Å²) in [7, 11) is 0. The molecule has 0 bridgehead atoms. The van der Waals surface area contributed by atoms with Crippen molar-refractivity contribution in [2.24, 2.45) is 0 Å². The molecule has 7 nitrogen and oxygen atoms in total. The van der Waals surface area contributed by atoms with Crippen LogP contribution in [0.2, 0.25) is 0 Å². The van der Waals surface area contributed by atoms with Crippen molar-refractivity contribution in [1.29, 1.82) is 0 Å². The van der Waals surface area contributed by atoms with Gasteiger partial charge in [0.15, 0.2) is 5.82 Å². The van der Waals surface area contributed by atoms with E-state index >= 15 is 0 Å². The van der Waals surface area contributed by atoms with Gasteiger partial charge in [0.25, 0.3) is 0 Å². The van der Waals surface area contributed by atoms with Crippen molar-refractivity contribution in [1.82, 2.24) is 14.8 Å². The highest BCUT2D eigenvalue weighted by Gasteiger charge is 2.30. The van der Waals surface area contributed by atoms with E-state index in [4.69, 9.17) is 5.11 Å². The zero-order valence-electron chi connectivity index (χ0n) is 14.1. The van der Waals surface area contributed by atoms with Gasteiger partial charge in [0.1, 0.15) is 12.1 Å². The minimum Gasteiger partial charge on any atom is -0.465 e. The minimum absolute atomic E-state index is 0.322. The molecule has 28 heavy (non-hydrogen) atoms. The molecule has 1 amide bonds. The highest BCUT2D eigenvalue weighted by molar-refractivity contribution is 5.83. The van der Waals surface area contributed by atoms with Gasteiger partial charge in [-0.05, 0) is 48.0 Å². The number of amides is 1. The predicted molar refractivity (Wildman–Crippen MR) is 95.1 cm³/mol. The molecule has 3 aromatic rings. The maximum atomic E-state index is 12.2. The van der Waals surface area contributed by atoms with Gasteiger partial charge in [-0.1, -0.05) is 18.2 Å². The van der Waals surface area contributed by atoms with E-state index in [2.05, 4.69) is 20.1 Å². The van der Waals surface area contributed by atoms with Gasteiger partial charge in [-0.2, -0.15) is 0 Å². The van der Waals surface area contributed by atoms with E-state index in [1.54, 1.807) is 36.4 Å². The monoisotopic (exact) mass is 390 g/mol. The zero-order chi connectivity index (χ0) is 20.1. The summed E-state index contributed by atoms with van der Waals surface area (Å²) in [6.45, 7) is 0. The third kappa shape index (κ3) is 5.34. The van der Waals surface area contributed by atoms with Crippen LogP contribution in [0, 0.1) is 0 Å². The molecule has 2 N–H and O–H groups in total. The van der Waals surface area contributed by atoms with E-state index < -0.39 is 12.5 Å². The summed E-state index contributed by atoms with van der Waals surface area (Å²) in [5.41, 5.74) is 1.77. The highest BCUT2D eigenvalue weighted by atomic mass is 19.4. The highest BCUT2D eigenvalue weighted by Crippen LogP contribution is 2.23. The quantitative estimate of drug-likeness (QED) is 0.673. The Morgan fingerprint density at radius 3 is 2.36 bits per heavy atom. The van der Waals surface area contributed by atoms with Gasteiger partial charge < -0.3 is 9.84 Å². The number of ether oxygens (including phenoxy) is 1. The Morgan fingerprint density at radius 2 is 1.75 bits per heavy atom. The van der Waals surface area contributed by atoms with E-state index in [0.717, 1.165) is 5.56 Å². The van der Waals surface area contributed by atoms with Gasteiger partial charge in [-0.15, -0.1) is 18.3 Å². The first kappa shape index (κ1) is 19.0. The van der Waals surface area contributed by atoms with Crippen LogP contribution < -0.4 is 10.1 Å². The number of hydrogen-bond donors (Lipinski definition) is 2. The van der Waals surface area contributed by atoms with Crippen LogP contribution in [0.4, 0.5) is 23.7 Å². The van der Waals surface area contributed by atoms with E-state index in [-0.39, 0.29) is 5.75 Å². The molecule has 1 heterocycles. The van der Waals surface area contributed by atoms with Crippen LogP contribution in [0.1, 0.15) is 11.4 Å². The standard InChI is InChI=1S/C18H13F3N4O3/c19-18(20,21)28-15-8-6-14(7-9-15)25-11-22-16(24-25)10-3-12-1-4-13(5-2-12)23-17(26)27/h1-11,23H,(H,26,27). The Hall–Kier alpha value is -3.82. The lowest BCUT2D eigenvalue weighted by Gasteiger charge is -2.09. The Morgan fingerprint density at radius 1 is 1.07 bits per heavy atom. The number of nitrogens with one attached hydrogen (secondary N) is 1. The summed E-state index contributed by atoms with van der Waals surface area (Å²) in [6.07, 6.45) is -1.06. The van der Waals surface area contributed by atoms with Crippen LogP contribution in [0.15, 0.2) is 54.9 Å². The first-order valence-electron chi connectivity index (χ1n) is 7.84. The fourth-order valence-corrected chi connectivity index (χ4v) is 2.25. The average Bonchev–Trinajstić information content (AvgIpc) is 3.09. The molecule has 0 saturated carbocycles. The van der Waals surface area contributed by atoms with E-state index in [9.17, 15) is 18.0 Å². The topological polar surface area (TPSA) is 89.3 Å². The van der Waals surface area contributed by atoms with Crippen molar-refractivity contribution < 1.29 is 27.8 Å². The van der Waals surface area contributed by atoms with E-state index in [0.29, 0.717) is 17.2 Å². The molecule has 0 saturated heterocycles. The molecule has 3 rings (SSSR count). The van der Waals surface area contributed by atoms with Crippen molar-refractivity contribution in [3.8, 4) is 11.4 Å². The van der Waals surface area contributed by atoms with Crippen molar-refractivity contribution in [3.05, 3.63) is 66.2 Å². The summed E-state index contributed by atoms with van der Waals surface area (Å²) in [4.78, 5) is 14.7. The van der Waals surface area contributed by atoms with Gasteiger partial charge >= 0.3 is 12.5 Å². The first-order chi connectivity index (χ1) is 13.3. The van der Waals surface area contributed by atoms with Crippen LogP contribution in [0.25, 0.3) is 17.8 Å². The third-order valence-electron chi connectivity index (χ3n) is 3.43. The molecule has 0 unspecified atom stereocenters. The van der Waals surface area contributed by atoms with Crippen LogP contribution in [0.3, 0.4) is 0 Å². The molecule has 144 valence electrons. The summed E-state index contributed by atoms with van der Waals surface area (Å²) in [6, 6.07) is 11.9. The minimum atomic E-state index is -4.74. The molecule has 0 aliphatic carbocycles. The summed E-state index contributed by atoms with van der Waals surface area (Å²) < 4.78 is 41.8. The van der Waals surface area contributed by atoms with Crippen molar-refractivity contribution in [2.75, 3.05) is 5.32 Å². The lowest BCUT2D eigenvalue weighted by atomic mass is 10.2. The SMILES string of the molecule is O=C(O)Nc1ccc(C=Cc2ncn(-c3ccc(OC(F)(F)F)cc3)n2)cc1. The Bertz CT molecular complexity index is 981. The number of rotatable bonds is 5. The van der Waals surface area contributed by atoms with Gasteiger partial charge in [0, 0.05) is 5.69 Å². The van der Waals surface area contributed by atoms with Gasteiger partial charge in [-0.25, -0.2) is 14.5 Å². The van der Waals surface area contributed by atoms with E-state index in [1.165, 1.54) is 35.3 Å². The summed E-state index contributed by atoms with van der Waals surface area (Å²) >= 11 is 0. The second-order valence-corrected chi connectivity index (χ2v) is 5.47. The Balaban J connectivity index is 1.66. The van der Waals surface area contributed by atoms with Gasteiger partial charge in [0.2, 0.25) is 0 Å². The smallest absolute Gasteiger partial charge is 0.465 e. The Labute approximate surface area is 156 Å². The molecular formula is C18H13F3N4O3. The number of alkyl halides is 3. The molecule has 0 fully saturated rings. The maximum absolute atomic E-state index is 12.2. The van der Waals surface area contributed by atoms with Crippen molar-refractivity contribution >= 4 is 23.9 Å². The number of carboxylic acid groups (broad SMARTS) is 1. The maximum Gasteiger partial charge on any atom is 0.573 e. The number of nitrogens with zero attached hydrogens (tertiary/aromatic N) is 3. The normalized spacial score (nSPS) is 11.5. The number of halogens is 3. The third-order valence-corrected chi connectivity index (χ3v) is 3.43. The average molecular weight is 390 g/mol. The molecule has 0 aliphatic heterocycles. The lowest BCUT2D eigenvalue weighted by Crippen LogP contribution is -2.17. The zero-order valence-corrected chi connectivity index (χ0v) is 14.1. The second kappa shape index (κ2) is 7.82. The number of anilines is 1.